The number of methoxy groups -OCH3 is 1. The summed E-state index contributed by atoms with van der Waals surface area (Å²) in [7, 11) is 1.62. The average Bonchev–Trinajstić information content (AvgIpc) is 2.68. The Morgan fingerprint density at radius 1 is 0.962 bits per heavy atom. The number of hydrogen-bond donors (Lipinski definition) is 2. The van der Waals surface area contributed by atoms with E-state index in [4.69, 9.17) is 4.74 Å². The summed E-state index contributed by atoms with van der Waals surface area (Å²) >= 11 is 0. The molecule has 6 nitrogen and oxygen atoms in total. The lowest BCUT2D eigenvalue weighted by Gasteiger charge is -2.11. The molecule has 2 heterocycles. The molecule has 0 aliphatic heterocycles. The first-order chi connectivity index (χ1) is 12.7. The van der Waals surface area contributed by atoms with E-state index < -0.39 is 0 Å². The zero-order valence-electron chi connectivity index (χ0n) is 14.0. The van der Waals surface area contributed by atoms with Gasteiger partial charge in [-0.25, -0.2) is 15.0 Å². The first kappa shape index (κ1) is 15.8. The molecule has 26 heavy (non-hydrogen) atoms. The van der Waals surface area contributed by atoms with Crippen molar-refractivity contribution in [2.45, 2.75) is 0 Å². The van der Waals surface area contributed by atoms with E-state index in [1.807, 2.05) is 42.5 Å². The third kappa shape index (κ3) is 3.12. The number of nitrogens with one attached hydrogen (secondary N) is 1. The van der Waals surface area contributed by atoms with Crippen molar-refractivity contribution in [2.24, 2.45) is 0 Å². The number of phenolic OH excluding ortho intramolecular Hbond substituents is 1. The molecule has 2 aromatic carbocycles. The summed E-state index contributed by atoms with van der Waals surface area (Å²) in [6.07, 6.45) is 1.70. The van der Waals surface area contributed by atoms with Gasteiger partial charge in [-0.05, 0) is 36.4 Å². The van der Waals surface area contributed by atoms with Crippen LogP contribution in [0.2, 0.25) is 0 Å². The van der Waals surface area contributed by atoms with Crippen LogP contribution in [0.15, 0.2) is 66.9 Å². The molecular formula is C20H16N4O2. The minimum absolute atomic E-state index is 0.180. The Morgan fingerprint density at radius 3 is 2.69 bits per heavy atom. The highest BCUT2D eigenvalue weighted by molar-refractivity contribution is 5.90. The molecular weight excluding hydrogens is 328 g/mol. The van der Waals surface area contributed by atoms with Crippen LogP contribution in [-0.4, -0.2) is 27.2 Å². The predicted molar refractivity (Wildman–Crippen MR) is 101 cm³/mol. The Balaban J connectivity index is 1.85. The van der Waals surface area contributed by atoms with Crippen LogP contribution in [0.1, 0.15) is 0 Å². The molecule has 0 aliphatic rings. The number of benzene rings is 2. The summed E-state index contributed by atoms with van der Waals surface area (Å²) in [4.78, 5) is 13.6. The minimum atomic E-state index is 0.180. The molecule has 2 aromatic heterocycles. The number of pyridine rings is 1. The van der Waals surface area contributed by atoms with Crippen LogP contribution in [0.25, 0.3) is 22.4 Å². The SMILES string of the molecule is COc1cccc(-c2nc(Nc3cccc(O)c3)c3cccnc3n2)c1. The molecule has 128 valence electrons. The predicted octanol–water partition coefficient (Wildman–Crippen LogP) is 4.15. The van der Waals surface area contributed by atoms with E-state index in [0.29, 0.717) is 17.3 Å². The summed E-state index contributed by atoms with van der Waals surface area (Å²) in [5.74, 6) is 2.07. The molecule has 6 heteroatoms. The number of aromatic hydroxyl groups is 1. The number of fused-ring (bicyclic) bond motifs is 1. The minimum Gasteiger partial charge on any atom is -0.508 e. The highest BCUT2D eigenvalue weighted by atomic mass is 16.5. The average molecular weight is 344 g/mol. The third-order valence-corrected chi connectivity index (χ3v) is 3.91. The van der Waals surface area contributed by atoms with Gasteiger partial charge < -0.3 is 15.2 Å². The number of nitrogens with zero attached hydrogens (tertiary/aromatic N) is 3. The summed E-state index contributed by atoms with van der Waals surface area (Å²) in [5.41, 5.74) is 2.14. The van der Waals surface area contributed by atoms with Gasteiger partial charge in [0.15, 0.2) is 11.5 Å². The largest absolute Gasteiger partial charge is 0.508 e. The van der Waals surface area contributed by atoms with Gasteiger partial charge in [-0.15, -0.1) is 0 Å². The summed E-state index contributed by atoms with van der Waals surface area (Å²) in [5, 5.41) is 13.7. The van der Waals surface area contributed by atoms with Crippen molar-refractivity contribution in [3.63, 3.8) is 0 Å². The van der Waals surface area contributed by atoms with E-state index in [1.165, 1.54) is 0 Å². The Bertz CT molecular complexity index is 1080. The van der Waals surface area contributed by atoms with Crippen LogP contribution < -0.4 is 10.1 Å². The summed E-state index contributed by atoms with van der Waals surface area (Å²) < 4.78 is 5.29. The second-order valence-corrected chi connectivity index (χ2v) is 5.68. The number of aromatic nitrogens is 3. The number of phenols is 1. The van der Waals surface area contributed by atoms with Crippen molar-refractivity contribution in [1.82, 2.24) is 15.0 Å². The standard InChI is InChI=1S/C20H16N4O2/c1-26-16-8-2-5-13(11-16)18-23-19-17(9-4-10-21-19)20(24-18)22-14-6-3-7-15(25)12-14/h2-12,25H,1H3,(H,21,22,23,24). The van der Waals surface area contributed by atoms with Gasteiger partial charge in [0.05, 0.1) is 12.5 Å². The molecule has 2 N–H and O–H groups in total. The fourth-order valence-electron chi connectivity index (χ4n) is 2.67. The van der Waals surface area contributed by atoms with E-state index in [-0.39, 0.29) is 5.75 Å². The zero-order valence-corrected chi connectivity index (χ0v) is 14.0. The Kier molecular flexibility index (Phi) is 4.07. The third-order valence-electron chi connectivity index (χ3n) is 3.91. The quantitative estimate of drug-likeness (QED) is 0.579. The normalized spacial score (nSPS) is 10.7. The van der Waals surface area contributed by atoms with Gasteiger partial charge in [-0.3, -0.25) is 0 Å². The van der Waals surface area contributed by atoms with Gasteiger partial charge in [0.2, 0.25) is 0 Å². The molecule has 0 unspecified atom stereocenters. The Labute approximate surface area is 150 Å². The molecule has 0 spiro atoms. The molecule has 4 rings (SSSR count). The van der Waals surface area contributed by atoms with Crippen LogP contribution in [0, 0.1) is 0 Å². The maximum atomic E-state index is 9.70. The van der Waals surface area contributed by atoms with Gasteiger partial charge in [-0.1, -0.05) is 18.2 Å². The van der Waals surface area contributed by atoms with Gasteiger partial charge in [0.25, 0.3) is 0 Å². The maximum absolute atomic E-state index is 9.70. The first-order valence-electron chi connectivity index (χ1n) is 8.06. The lowest BCUT2D eigenvalue weighted by Crippen LogP contribution is -2.00. The lowest BCUT2D eigenvalue weighted by molar-refractivity contribution is 0.415. The fraction of sp³-hybridized carbons (Fsp3) is 0.0500. The fourth-order valence-corrected chi connectivity index (χ4v) is 2.67. The summed E-state index contributed by atoms with van der Waals surface area (Å²) in [6.45, 7) is 0. The monoisotopic (exact) mass is 344 g/mol. The van der Waals surface area contributed by atoms with Crippen molar-refractivity contribution in [3.8, 4) is 22.9 Å². The zero-order chi connectivity index (χ0) is 17.9. The van der Waals surface area contributed by atoms with Gasteiger partial charge in [0, 0.05) is 23.5 Å². The van der Waals surface area contributed by atoms with Crippen molar-refractivity contribution < 1.29 is 9.84 Å². The molecule has 4 aromatic rings. The highest BCUT2D eigenvalue weighted by Crippen LogP contribution is 2.28. The molecule has 0 fully saturated rings. The molecule has 0 saturated carbocycles. The number of ether oxygens (including phenoxy) is 1. The van der Waals surface area contributed by atoms with Crippen molar-refractivity contribution in [1.29, 1.82) is 0 Å². The smallest absolute Gasteiger partial charge is 0.165 e. The van der Waals surface area contributed by atoms with Crippen molar-refractivity contribution >= 4 is 22.5 Å². The van der Waals surface area contributed by atoms with Crippen LogP contribution in [0.5, 0.6) is 11.5 Å². The van der Waals surface area contributed by atoms with Crippen LogP contribution in [-0.2, 0) is 0 Å². The highest BCUT2D eigenvalue weighted by Gasteiger charge is 2.11. The van der Waals surface area contributed by atoms with Gasteiger partial charge >= 0.3 is 0 Å². The van der Waals surface area contributed by atoms with E-state index in [0.717, 1.165) is 22.4 Å². The van der Waals surface area contributed by atoms with E-state index >= 15 is 0 Å². The molecule has 0 aliphatic carbocycles. The van der Waals surface area contributed by atoms with Gasteiger partial charge in [0.1, 0.15) is 17.3 Å². The van der Waals surface area contributed by atoms with Crippen molar-refractivity contribution in [3.05, 3.63) is 66.9 Å². The number of anilines is 2. The molecule has 0 radical (unpaired) electrons. The van der Waals surface area contributed by atoms with Crippen LogP contribution >= 0.6 is 0 Å². The van der Waals surface area contributed by atoms with Crippen LogP contribution in [0.4, 0.5) is 11.5 Å². The molecule has 0 amide bonds. The number of rotatable bonds is 4. The van der Waals surface area contributed by atoms with E-state index in [9.17, 15) is 5.11 Å². The van der Waals surface area contributed by atoms with Gasteiger partial charge in [-0.2, -0.15) is 0 Å². The number of hydrogen-bond acceptors (Lipinski definition) is 6. The Hall–Kier alpha value is -3.67. The second kappa shape index (κ2) is 6.68. The van der Waals surface area contributed by atoms with E-state index in [2.05, 4.69) is 20.3 Å². The Morgan fingerprint density at radius 2 is 1.85 bits per heavy atom. The van der Waals surface area contributed by atoms with E-state index in [1.54, 1.807) is 31.5 Å². The van der Waals surface area contributed by atoms with Crippen molar-refractivity contribution in [2.75, 3.05) is 12.4 Å². The maximum Gasteiger partial charge on any atom is 0.165 e. The molecule has 0 bridgehead atoms. The molecule has 0 atom stereocenters. The lowest BCUT2D eigenvalue weighted by atomic mass is 10.2. The first-order valence-corrected chi connectivity index (χ1v) is 8.06. The topological polar surface area (TPSA) is 80.2 Å². The second-order valence-electron chi connectivity index (χ2n) is 5.68. The molecule has 0 saturated heterocycles. The summed E-state index contributed by atoms with van der Waals surface area (Å²) in [6, 6.07) is 18.2. The van der Waals surface area contributed by atoms with Crippen LogP contribution in [0.3, 0.4) is 0 Å².